The molecule has 2 aliphatic rings. The molecule has 3 heterocycles. The number of hydrogen-bond donors (Lipinski definition) is 1. The minimum Gasteiger partial charge on any atom is -0.492 e. The van der Waals surface area contributed by atoms with Crippen LogP contribution in [0.4, 0.5) is 10.7 Å². The number of ether oxygens (including phenoxy) is 1. The van der Waals surface area contributed by atoms with E-state index in [1.807, 2.05) is 36.1 Å². The monoisotopic (exact) mass is 343 g/mol. The third kappa shape index (κ3) is 3.21. The van der Waals surface area contributed by atoms with Crippen LogP contribution >= 0.6 is 0 Å². The maximum Gasteiger partial charge on any atom is 0.317 e. The van der Waals surface area contributed by atoms with Crippen molar-refractivity contribution in [2.75, 3.05) is 37.7 Å². The second kappa shape index (κ2) is 6.58. The molecular formula is C16H21N7O2. The van der Waals surface area contributed by atoms with E-state index in [0.717, 1.165) is 24.8 Å². The highest BCUT2D eigenvalue weighted by Gasteiger charge is 2.36. The van der Waals surface area contributed by atoms with Crippen LogP contribution in [0.25, 0.3) is 0 Å². The largest absolute Gasteiger partial charge is 0.492 e. The van der Waals surface area contributed by atoms with Gasteiger partial charge in [0.15, 0.2) is 0 Å². The number of carbonyl (C=O) groups is 1. The molecule has 1 unspecified atom stereocenters. The molecule has 2 aromatic rings. The van der Waals surface area contributed by atoms with Crippen LogP contribution in [0.3, 0.4) is 0 Å². The molecule has 1 aromatic heterocycles. The molecule has 0 spiro atoms. The fourth-order valence-electron chi connectivity index (χ4n) is 3.31. The number of piperazine rings is 1. The summed E-state index contributed by atoms with van der Waals surface area (Å²) in [6.45, 7) is 5.91. The fourth-order valence-corrected chi connectivity index (χ4v) is 3.31. The Bertz CT molecular complexity index is 762. The summed E-state index contributed by atoms with van der Waals surface area (Å²) in [6, 6.07) is 8.16. The maximum absolute atomic E-state index is 11.7. The summed E-state index contributed by atoms with van der Waals surface area (Å²) in [5, 5.41) is 14.9. The van der Waals surface area contributed by atoms with Crippen LogP contribution in [-0.2, 0) is 6.54 Å². The SMILES string of the molecule is Cc1cccc(OCCn2nnnc2N2CCN3C(=O)NCC3C2)c1. The lowest BCUT2D eigenvalue weighted by molar-refractivity contribution is 0.197. The molecule has 0 saturated carbocycles. The first kappa shape index (κ1) is 15.7. The Morgan fingerprint density at radius 2 is 2.28 bits per heavy atom. The first-order valence-electron chi connectivity index (χ1n) is 8.46. The Hall–Kier alpha value is -2.84. The van der Waals surface area contributed by atoms with Crippen molar-refractivity contribution in [3.63, 3.8) is 0 Å². The zero-order valence-electron chi connectivity index (χ0n) is 14.1. The van der Waals surface area contributed by atoms with Crippen LogP contribution in [0.15, 0.2) is 24.3 Å². The van der Waals surface area contributed by atoms with E-state index in [9.17, 15) is 4.79 Å². The highest BCUT2D eigenvalue weighted by molar-refractivity contribution is 5.77. The van der Waals surface area contributed by atoms with Crippen molar-refractivity contribution in [3.8, 4) is 5.75 Å². The number of nitrogens with one attached hydrogen (secondary N) is 1. The molecule has 1 aromatic carbocycles. The standard InChI is InChI=1S/C16H21N7O2/c1-12-3-2-4-14(9-12)25-8-7-23-15(18-19-20-23)21-5-6-22-13(11-21)10-17-16(22)24/h2-4,9,13H,5-8,10-11H2,1H3,(H,17,24). The van der Waals surface area contributed by atoms with Gasteiger partial charge in [-0.3, -0.25) is 0 Å². The number of aryl methyl sites for hydroxylation is 1. The Morgan fingerprint density at radius 1 is 1.36 bits per heavy atom. The summed E-state index contributed by atoms with van der Waals surface area (Å²) in [5.41, 5.74) is 1.17. The van der Waals surface area contributed by atoms with Gasteiger partial charge in [-0.1, -0.05) is 17.2 Å². The van der Waals surface area contributed by atoms with Crippen molar-refractivity contribution in [2.24, 2.45) is 0 Å². The Balaban J connectivity index is 1.37. The molecule has 25 heavy (non-hydrogen) atoms. The van der Waals surface area contributed by atoms with Gasteiger partial charge in [-0.05, 0) is 35.0 Å². The van der Waals surface area contributed by atoms with E-state index in [1.165, 1.54) is 5.56 Å². The number of rotatable bonds is 5. The number of fused-ring (bicyclic) bond motifs is 1. The van der Waals surface area contributed by atoms with Gasteiger partial charge in [0.1, 0.15) is 12.4 Å². The fraction of sp³-hybridized carbons (Fsp3) is 0.500. The molecule has 132 valence electrons. The number of hydrogen-bond acceptors (Lipinski definition) is 6. The summed E-state index contributed by atoms with van der Waals surface area (Å²) in [7, 11) is 0. The normalized spacial score (nSPS) is 19.7. The summed E-state index contributed by atoms with van der Waals surface area (Å²) >= 11 is 0. The number of aromatic nitrogens is 4. The summed E-state index contributed by atoms with van der Waals surface area (Å²) in [5.74, 6) is 1.57. The van der Waals surface area contributed by atoms with Crippen LogP contribution in [0.5, 0.6) is 5.75 Å². The summed E-state index contributed by atoms with van der Waals surface area (Å²) in [6.07, 6.45) is 0. The van der Waals surface area contributed by atoms with Crippen LogP contribution in [0, 0.1) is 6.92 Å². The molecule has 9 heteroatoms. The van der Waals surface area contributed by atoms with Crippen LogP contribution in [-0.4, -0.2) is 70.0 Å². The lowest BCUT2D eigenvalue weighted by Crippen LogP contribution is -2.52. The van der Waals surface area contributed by atoms with Gasteiger partial charge in [-0.25, -0.2) is 9.48 Å². The number of benzene rings is 1. The second-order valence-electron chi connectivity index (χ2n) is 6.35. The van der Waals surface area contributed by atoms with Crippen LogP contribution in [0.2, 0.25) is 0 Å². The number of carbonyl (C=O) groups excluding carboxylic acids is 1. The van der Waals surface area contributed by atoms with Crippen LogP contribution < -0.4 is 15.0 Å². The van der Waals surface area contributed by atoms with E-state index in [-0.39, 0.29) is 12.1 Å². The van der Waals surface area contributed by atoms with Gasteiger partial charge in [-0.15, -0.1) is 0 Å². The molecule has 2 saturated heterocycles. The average Bonchev–Trinajstić information content (AvgIpc) is 3.22. The topological polar surface area (TPSA) is 88.4 Å². The second-order valence-corrected chi connectivity index (χ2v) is 6.35. The van der Waals surface area contributed by atoms with E-state index in [4.69, 9.17) is 4.74 Å². The van der Waals surface area contributed by atoms with E-state index in [1.54, 1.807) is 4.68 Å². The summed E-state index contributed by atoms with van der Waals surface area (Å²) < 4.78 is 7.55. The zero-order valence-corrected chi connectivity index (χ0v) is 14.1. The molecule has 4 rings (SSSR count). The average molecular weight is 343 g/mol. The molecule has 1 atom stereocenters. The molecule has 2 aliphatic heterocycles. The smallest absolute Gasteiger partial charge is 0.317 e. The number of anilines is 1. The van der Waals surface area contributed by atoms with Gasteiger partial charge >= 0.3 is 6.03 Å². The Labute approximate surface area is 145 Å². The number of urea groups is 1. The van der Waals surface area contributed by atoms with E-state index < -0.39 is 0 Å². The Kier molecular flexibility index (Phi) is 4.12. The Morgan fingerprint density at radius 3 is 3.16 bits per heavy atom. The predicted molar refractivity (Wildman–Crippen MR) is 90.6 cm³/mol. The molecule has 1 N–H and O–H groups in total. The van der Waals surface area contributed by atoms with Crippen molar-refractivity contribution in [1.29, 1.82) is 0 Å². The van der Waals surface area contributed by atoms with Crippen molar-refractivity contribution < 1.29 is 9.53 Å². The molecule has 2 fully saturated rings. The number of amides is 2. The molecular weight excluding hydrogens is 322 g/mol. The van der Waals surface area contributed by atoms with Crippen molar-refractivity contribution in [2.45, 2.75) is 19.5 Å². The first-order valence-corrected chi connectivity index (χ1v) is 8.46. The van der Waals surface area contributed by atoms with Crippen molar-refractivity contribution in [3.05, 3.63) is 29.8 Å². The maximum atomic E-state index is 11.7. The predicted octanol–water partition coefficient (Wildman–Crippen LogP) is 0.274. The number of tetrazole rings is 1. The van der Waals surface area contributed by atoms with E-state index in [0.29, 0.717) is 26.2 Å². The first-order chi connectivity index (χ1) is 12.2. The van der Waals surface area contributed by atoms with Crippen molar-refractivity contribution in [1.82, 2.24) is 30.4 Å². The van der Waals surface area contributed by atoms with E-state index >= 15 is 0 Å². The highest BCUT2D eigenvalue weighted by atomic mass is 16.5. The molecule has 2 amide bonds. The minimum atomic E-state index is 0.0239. The molecule has 0 aliphatic carbocycles. The third-order valence-electron chi connectivity index (χ3n) is 4.59. The van der Waals surface area contributed by atoms with Gasteiger partial charge in [0.05, 0.1) is 12.6 Å². The van der Waals surface area contributed by atoms with Gasteiger partial charge in [0.2, 0.25) is 5.95 Å². The quantitative estimate of drug-likeness (QED) is 0.839. The third-order valence-corrected chi connectivity index (χ3v) is 4.59. The van der Waals surface area contributed by atoms with Crippen molar-refractivity contribution >= 4 is 12.0 Å². The zero-order chi connectivity index (χ0) is 17.2. The van der Waals surface area contributed by atoms with Crippen LogP contribution in [0.1, 0.15) is 5.56 Å². The number of nitrogens with zero attached hydrogens (tertiary/aromatic N) is 6. The van der Waals surface area contributed by atoms with Gasteiger partial charge in [-0.2, -0.15) is 0 Å². The van der Waals surface area contributed by atoms with Gasteiger partial charge < -0.3 is 19.9 Å². The lowest BCUT2D eigenvalue weighted by atomic mass is 10.2. The highest BCUT2D eigenvalue weighted by Crippen LogP contribution is 2.19. The van der Waals surface area contributed by atoms with E-state index in [2.05, 4.69) is 25.7 Å². The molecule has 0 bridgehead atoms. The van der Waals surface area contributed by atoms with Gasteiger partial charge in [0.25, 0.3) is 0 Å². The van der Waals surface area contributed by atoms with Gasteiger partial charge in [0, 0.05) is 26.2 Å². The minimum absolute atomic E-state index is 0.0239. The summed E-state index contributed by atoms with van der Waals surface area (Å²) in [4.78, 5) is 15.7. The lowest BCUT2D eigenvalue weighted by Gasteiger charge is -2.36. The molecule has 0 radical (unpaired) electrons. The molecule has 9 nitrogen and oxygen atoms in total.